The van der Waals surface area contributed by atoms with E-state index in [0.717, 1.165) is 37.0 Å². The minimum atomic E-state index is -2.40. The number of carbonyl (C=O) groups excluding carboxylic acids is 1. The van der Waals surface area contributed by atoms with Gasteiger partial charge in [-0.15, -0.1) is 11.3 Å². The van der Waals surface area contributed by atoms with Crippen LogP contribution in [0.2, 0.25) is 0 Å². The molecule has 2 fully saturated rings. The van der Waals surface area contributed by atoms with Gasteiger partial charge in [0.25, 0.3) is 0 Å². The molecule has 8 heteroatoms. The third-order valence-corrected chi connectivity index (χ3v) is 8.82. The first-order valence-electron chi connectivity index (χ1n) is 11.6. The minimum Gasteiger partial charge on any atom is -0.477 e. The summed E-state index contributed by atoms with van der Waals surface area (Å²) in [5.74, 6) is 9.48. The second-order valence-corrected chi connectivity index (χ2v) is 14.1. The van der Waals surface area contributed by atoms with Crippen LogP contribution in [0.25, 0.3) is 0 Å². The Morgan fingerprint density at radius 2 is 1.88 bits per heavy atom. The van der Waals surface area contributed by atoms with Gasteiger partial charge in [0.1, 0.15) is 4.88 Å². The third-order valence-electron chi connectivity index (χ3n) is 6.37. The molecule has 0 aromatic carbocycles. The molecule has 33 heavy (non-hydrogen) atoms. The Labute approximate surface area is 202 Å². The molecule has 0 radical (unpaired) electrons. The Kier molecular flexibility index (Phi) is 7.67. The van der Waals surface area contributed by atoms with Crippen molar-refractivity contribution < 1.29 is 18.9 Å². The van der Waals surface area contributed by atoms with Crippen LogP contribution < -0.4 is 4.90 Å². The number of carboxylic acids is 1. The molecule has 1 amide bonds. The molecule has 1 N–H and O–H groups in total. The summed E-state index contributed by atoms with van der Waals surface area (Å²) in [4.78, 5) is 28.5. The smallest absolute Gasteiger partial charge is 0.348 e. The van der Waals surface area contributed by atoms with E-state index in [9.17, 15) is 18.9 Å². The second-order valence-electron chi connectivity index (χ2n) is 10.6. The van der Waals surface area contributed by atoms with Gasteiger partial charge in [-0.3, -0.25) is 9.00 Å². The molecule has 2 aliphatic rings. The van der Waals surface area contributed by atoms with Crippen LogP contribution in [-0.2, 0) is 14.5 Å². The van der Waals surface area contributed by atoms with Crippen LogP contribution in [0.1, 0.15) is 74.3 Å². The first-order chi connectivity index (χ1) is 15.3. The topological polar surface area (TPSA) is 77.9 Å². The number of carbonyl (C=O) groups is 2. The summed E-state index contributed by atoms with van der Waals surface area (Å²) < 4.78 is 14.4. The highest BCUT2D eigenvalue weighted by molar-refractivity contribution is 7.97. The van der Waals surface area contributed by atoms with E-state index in [-0.39, 0.29) is 28.2 Å². The van der Waals surface area contributed by atoms with Crippen molar-refractivity contribution in [2.24, 2.45) is 17.3 Å². The molecule has 1 aliphatic carbocycles. The molecule has 2 unspecified atom stereocenters. The number of carboxylic acid groups (broad SMARTS) is 1. The zero-order valence-corrected chi connectivity index (χ0v) is 22.0. The van der Waals surface area contributed by atoms with Gasteiger partial charge in [0, 0.05) is 40.4 Å². The molecule has 1 saturated carbocycles. The van der Waals surface area contributed by atoms with Gasteiger partial charge in [0.15, 0.2) is 0 Å². The van der Waals surface area contributed by atoms with Crippen LogP contribution in [0, 0.1) is 29.1 Å². The van der Waals surface area contributed by atoms with E-state index in [1.165, 1.54) is 0 Å². The first kappa shape index (κ1) is 25.8. The van der Waals surface area contributed by atoms with Crippen molar-refractivity contribution in [3.8, 4) is 11.8 Å². The molecule has 182 valence electrons. The van der Waals surface area contributed by atoms with E-state index >= 15 is 0 Å². The fourth-order valence-electron chi connectivity index (χ4n) is 4.50. The van der Waals surface area contributed by atoms with E-state index in [1.54, 1.807) is 17.2 Å². The Morgan fingerprint density at radius 3 is 2.39 bits per heavy atom. The highest BCUT2D eigenvalue weighted by atomic mass is 32.2. The van der Waals surface area contributed by atoms with E-state index in [4.69, 9.17) is 0 Å². The number of amides is 1. The Morgan fingerprint density at radius 1 is 1.24 bits per heavy atom. The molecule has 3 rings (SSSR count). The van der Waals surface area contributed by atoms with Gasteiger partial charge in [0.05, 0.1) is 16.6 Å². The lowest BCUT2D eigenvalue weighted by Crippen LogP contribution is -2.46. The van der Waals surface area contributed by atoms with Crippen molar-refractivity contribution in [3.63, 3.8) is 0 Å². The van der Waals surface area contributed by atoms with Gasteiger partial charge in [-0.1, -0.05) is 18.8 Å². The summed E-state index contributed by atoms with van der Waals surface area (Å²) in [6.45, 7) is 9.20. The molecular weight excluding hydrogens is 456 g/mol. The largest absolute Gasteiger partial charge is 0.477 e. The molecule has 6 nitrogen and oxygen atoms in total. The van der Waals surface area contributed by atoms with E-state index < -0.39 is 15.7 Å². The summed E-state index contributed by atoms with van der Waals surface area (Å²) in [6, 6.07) is 1.52. The van der Waals surface area contributed by atoms with Gasteiger partial charge in [-0.2, -0.15) is 0 Å². The summed E-state index contributed by atoms with van der Waals surface area (Å²) in [5.41, 5.74) is 0.205. The Bertz CT molecular complexity index is 1060. The molecule has 2 atom stereocenters. The lowest BCUT2D eigenvalue weighted by Gasteiger charge is -2.34. The van der Waals surface area contributed by atoms with Crippen molar-refractivity contribution in [3.05, 3.63) is 15.8 Å². The SMILES string of the molecule is C=S(C)(=O)N1CCC(N(C(=O)C2CCC(C)CC2)c2cc(C#CC(C)(C)C)sc2C(=O)O)C1. The highest BCUT2D eigenvalue weighted by Crippen LogP contribution is 2.38. The second kappa shape index (κ2) is 9.81. The standard InChI is InChI=1S/C25H36N2O4S2/c1-17-7-9-18(10-8-17)23(28)27(19-12-14-26(16-19)33(5,6)31)21-15-20(11-13-25(2,3)4)32-22(21)24(29)30/h15,17-19H,5,7-10,12,14,16H2,1-4,6H3,(H,29,30). The van der Waals surface area contributed by atoms with Crippen LogP contribution in [0.3, 0.4) is 0 Å². The molecule has 0 bridgehead atoms. The maximum absolute atomic E-state index is 13.8. The van der Waals surface area contributed by atoms with E-state index in [1.807, 2.05) is 25.1 Å². The van der Waals surface area contributed by atoms with Gasteiger partial charge < -0.3 is 10.0 Å². The fraction of sp³-hybridized carbons (Fsp3) is 0.640. The Hall–Kier alpha value is -1.82. The molecule has 2 heterocycles. The predicted molar refractivity (Wildman–Crippen MR) is 137 cm³/mol. The number of hydrogen-bond donors (Lipinski definition) is 1. The molecular formula is C25H36N2O4S2. The average molecular weight is 493 g/mol. The van der Waals surface area contributed by atoms with Crippen molar-refractivity contribution >= 4 is 44.5 Å². The maximum Gasteiger partial charge on any atom is 0.348 e. The number of thiophene rings is 1. The minimum absolute atomic E-state index is 0.0176. The zero-order chi connectivity index (χ0) is 24.6. The van der Waals surface area contributed by atoms with Crippen molar-refractivity contribution in [1.29, 1.82) is 0 Å². The summed E-state index contributed by atoms with van der Waals surface area (Å²) in [7, 11) is -2.40. The quantitative estimate of drug-likeness (QED) is 0.490. The lowest BCUT2D eigenvalue weighted by atomic mass is 9.82. The van der Waals surface area contributed by atoms with Gasteiger partial charge in [-0.25, -0.2) is 9.10 Å². The molecule has 1 aromatic rings. The molecule has 1 aromatic heterocycles. The Balaban J connectivity index is 2.03. The maximum atomic E-state index is 13.8. The fourth-order valence-corrected chi connectivity index (χ4v) is 6.32. The summed E-state index contributed by atoms with van der Waals surface area (Å²) in [5, 5.41) is 9.96. The predicted octanol–water partition coefficient (Wildman–Crippen LogP) is 4.34. The highest BCUT2D eigenvalue weighted by Gasteiger charge is 2.39. The summed E-state index contributed by atoms with van der Waals surface area (Å²) in [6.07, 6.45) is 5.87. The van der Waals surface area contributed by atoms with E-state index in [0.29, 0.717) is 36.0 Å². The number of aromatic carboxylic acids is 1. The first-order valence-corrected chi connectivity index (χ1v) is 14.5. The molecule has 0 spiro atoms. The normalized spacial score (nSPS) is 25.7. The van der Waals surface area contributed by atoms with Crippen LogP contribution in [0.4, 0.5) is 5.69 Å². The molecule has 1 aliphatic heterocycles. The monoisotopic (exact) mass is 492 g/mol. The van der Waals surface area contributed by atoms with Crippen LogP contribution >= 0.6 is 11.3 Å². The van der Waals surface area contributed by atoms with Gasteiger partial charge in [-0.05, 0) is 70.7 Å². The number of nitrogens with zero attached hydrogens (tertiary/aromatic N) is 2. The van der Waals surface area contributed by atoms with E-state index in [2.05, 4.69) is 24.6 Å². The molecule has 1 saturated heterocycles. The van der Waals surface area contributed by atoms with Crippen LogP contribution in [-0.4, -0.2) is 56.8 Å². The van der Waals surface area contributed by atoms with Gasteiger partial charge in [0.2, 0.25) is 5.91 Å². The van der Waals surface area contributed by atoms with Crippen LogP contribution in [0.5, 0.6) is 0 Å². The lowest BCUT2D eigenvalue weighted by molar-refractivity contribution is -0.124. The van der Waals surface area contributed by atoms with Crippen molar-refractivity contribution in [2.75, 3.05) is 24.2 Å². The summed E-state index contributed by atoms with van der Waals surface area (Å²) >= 11 is 1.12. The average Bonchev–Trinajstić information content (AvgIpc) is 3.34. The zero-order valence-electron chi connectivity index (χ0n) is 20.3. The van der Waals surface area contributed by atoms with Crippen molar-refractivity contribution in [1.82, 2.24) is 4.31 Å². The number of anilines is 1. The third kappa shape index (κ3) is 6.40. The number of hydrogen-bond acceptors (Lipinski definition) is 4. The van der Waals surface area contributed by atoms with Crippen LogP contribution in [0.15, 0.2) is 6.07 Å². The van der Waals surface area contributed by atoms with Gasteiger partial charge >= 0.3 is 5.97 Å². The number of rotatable bonds is 5. The van der Waals surface area contributed by atoms with Crippen molar-refractivity contribution in [2.45, 2.75) is 65.8 Å².